The van der Waals surface area contributed by atoms with Crippen LogP contribution in [0, 0.1) is 0 Å². The Morgan fingerprint density at radius 3 is 2.94 bits per heavy atom. The third-order valence-corrected chi connectivity index (χ3v) is 2.53. The van der Waals surface area contributed by atoms with Crippen LogP contribution >= 0.6 is 0 Å². The van der Waals surface area contributed by atoms with Crippen LogP contribution < -0.4 is 10.2 Å². The summed E-state index contributed by atoms with van der Waals surface area (Å²) in [6, 6.07) is 3.58. The van der Waals surface area contributed by atoms with Gasteiger partial charge in [0.15, 0.2) is 0 Å². The Bertz CT molecular complexity index is 380. The van der Waals surface area contributed by atoms with Gasteiger partial charge in [-0.2, -0.15) is 0 Å². The normalized spacial score (nSPS) is 12.0. The second-order valence-electron chi connectivity index (χ2n) is 4.04. The summed E-state index contributed by atoms with van der Waals surface area (Å²) < 4.78 is 0. The summed E-state index contributed by atoms with van der Waals surface area (Å²) in [6.45, 7) is 2.49. The Hall–Kier alpha value is -1.62. The van der Waals surface area contributed by atoms with Crippen LogP contribution in [-0.4, -0.2) is 42.7 Å². The zero-order valence-electron chi connectivity index (χ0n) is 10.5. The molecule has 0 bridgehead atoms. The van der Waals surface area contributed by atoms with Crippen LogP contribution in [-0.2, 0) is 0 Å². The van der Waals surface area contributed by atoms with Crippen LogP contribution in [0.1, 0.15) is 23.8 Å². The van der Waals surface area contributed by atoms with E-state index in [-0.39, 0.29) is 12.0 Å². The molecular formula is C12H19N3O2. The van der Waals surface area contributed by atoms with Crippen LogP contribution in [0.5, 0.6) is 0 Å². The summed E-state index contributed by atoms with van der Waals surface area (Å²) in [6.07, 6.45) is 1.98. The number of rotatable bonds is 5. The highest BCUT2D eigenvalue weighted by Crippen LogP contribution is 2.13. The molecule has 5 heteroatoms. The molecule has 0 aliphatic carbocycles. The van der Waals surface area contributed by atoms with E-state index in [9.17, 15) is 9.90 Å². The molecule has 0 aliphatic rings. The fraction of sp³-hybridized carbons (Fsp3) is 0.500. The second kappa shape index (κ2) is 6.20. The lowest BCUT2D eigenvalue weighted by atomic mass is 10.2. The summed E-state index contributed by atoms with van der Waals surface area (Å²) in [5.41, 5.74) is 1.31. The van der Waals surface area contributed by atoms with Gasteiger partial charge < -0.3 is 15.3 Å². The number of aliphatic hydroxyl groups is 1. The molecule has 0 aromatic carbocycles. The van der Waals surface area contributed by atoms with E-state index in [0.717, 1.165) is 12.2 Å². The molecule has 1 amide bonds. The Morgan fingerprint density at radius 1 is 1.65 bits per heavy atom. The third kappa shape index (κ3) is 4.03. The van der Waals surface area contributed by atoms with E-state index in [4.69, 9.17) is 0 Å². The van der Waals surface area contributed by atoms with Crippen LogP contribution in [0.2, 0.25) is 0 Å². The van der Waals surface area contributed by atoms with Crippen molar-refractivity contribution in [1.29, 1.82) is 0 Å². The molecule has 0 spiro atoms. The van der Waals surface area contributed by atoms with Crippen molar-refractivity contribution in [3.63, 3.8) is 0 Å². The fourth-order valence-corrected chi connectivity index (χ4v) is 1.42. The molecule has 1 rings (SSSR count). The molecule has 0 aliphatic heterocycles. The molecular weight excluding hydrogens is 218 g/mol. The molecule has 0 fully saturated rings. The minimum atomic E-state index is -0.322. The zero-order valence-corrected chi connectivity index (χ0v) is 10.5. The standard InChI is InChI=1S/C12H19N3O2/c1-9(16)5-7-15(3)10-4-6-14-11(8-10)12(17)13-2/h4,6,8-9,16H,5,7H2,1-3H3,(H,13,17). The van der Waals surface area contributed by atoms with Crippen molar-refractivity contribution in [2.75, 3.05) is 25.5 Å². The van der Waals surface area contributed by atoms with Crippen molar-refractivity contribution in [2.45, 2.75) is 19.4 Å². The van der Waals surface area contributed by atoms with Crippen molar-refractivity contribution in [2.24, 2.45) is 0 Å². The van der Waals surface area contributed by atoms with Gasteiger partial charge in [0.1, 0.15) is 5.69 Å². The summed E-state index contributed by atoms with van der Waals surface area (Å²) >= 11 is 0. The van der Waals surface area contributed by atoms with E-state index in [1.807, 2.05) is 18.0 Å². The molecule has 1 atom stereocenters. The highest BCUT2D eigenvalue weighted by molar-refractivity contribution is 5.92. The van der Waals surface area contributed by atoms with Crippen molar-refractivity contribution < 1.29 is 9.90 Å². The lowest BCUT2D eigenvalue weighted by molar-refractivity contribution is 0.0958. The second-order valence-corrected chi connectivity index (χ2v) is 4.04. The topological polar surface area (TPSA) is 65.5 Å². The predicted octanol–water partition coefficient (Wildman–Crippen LogP) is 0.648. The van der Waals surface area contributed by atoms with Crippen LogP contribution in [0.25, 0.3) is 0 Å². The fourth-order valence-electron chi connectivity index (χ4n) is 1.42. The number of amides is 1. The van der Waals surface area contributed by atoms with Gasteiger partial charge in [0.2, 0.25) is 0 Å². The van der Waals surface area contributed by atoms with Crippen molar-refractivity contribution in [3.05, 3.63) is 24.0 Å². The SMILES string of the molecule is CNC(=O)c1cc(N(C)CCC(C)O)ccn1. The Balaban J connectivity index is 2.73. The Morgan fingerprint density at radius 2 is 2.35 bits per heavy atom. The number of anilines is 1. The number of nitrogens with one attached hydrogen (secondary N) is 1. The monoisotopic (exact) mass is 237 g/mol. The first-order chi connectivity index (χ1) is 8.04. The Kier molecular flexibility index (Phi) is 4.90. The predicted molar refractivity (Wildman–Crippen MR) is 67.2 cm³/mol. The van der Waals surface area contributed by atoms with Crippen LogP contribution in [0.15, 0.2) is 18.3 Å². The average Bonchev–Trinajstić information content (AvgIpc) is 2.35. The zero-order chi connectivity index (χ0) is 12.8. The summed E-state index contributed by atoms with van der Waals surface area (Å²) in [4.78, 5) is 17.4. The highest BCUT2D eigenvalue weighted by atomic mass is 16.3. The molecule has 0 radical (unpaired) electrons. The molecule has 2 N–H and O–H groups in total. The van der Waals surface area contributed by atoms with Gasteiger partial charge in [0.05, 0.1) is 6.10 Å². The first-order valence-corrected chi connectivity index (χ1v) is 5.62. The van der Waals surface area contributed by atoms with E-state index in [1.165, 1.54) is 0 Å². The molecule has 1 heterocycles. The van der Waals surface area contributed by atoms with E-state index in [0.29, 0.717) is 12.1 Å². The molecule has 17 heavy (non-hydrogen) atoms. The van der Waals surface area contributed by atoms with Crippen molar-refractivity contribution in [1.82, 2.24) is 10.3 Å². The van der Waals surface area contributed by atoms with Crippen molar-refractivity contribution >= 4 is 11.6 Å². The van der Waals surface area contributed by atoms with Gasteiger partial charge in [-0.1, -0.05) is 0 Å². The minimum Gasteiger partial charge on any atom is -0.393 e. The smallest absolute Gasteiger partial charge is 0.269 e. The van der Waals surface area contributed by atoms with Gasteiger partial charge >= 0.3 is 0 Å². The molecule has 1 unspecified atom stereocenters. The number of pyridine rings is 1. The van der Waals surface area contributed by atoms with Gasteiger partial charge in [-0.05, 0) is 25.5 Å². The van der Waals surface area contributed by atoms with Crippen LogP contribution in [0.3, 0.4) is 0 Å². The average molecular weight is 237 g/mol. The molecule has 0 saturated heterocycles. The first kappa shape index (κ1) is 13.4. The van der Waals surface area contributed by atoms with Crippen LogP contribution in [0.4, 0.5) is 5.69 Å². The maximum atomic E-state index is 11.4. The van der Waals surface area contributed by atoms with E-state index < -0.39 is 0 Å². The quantitative estimate of drug-likeness (QED) is 0.789. The van der Waals surface area contributed by atoms with Gasteiger partial charge in [0, 0.05) is 32.5 Å². The number of carbonyl (C=O) groups is 1. The van der Waals surface area contributed by atoms with Crippen molar-refractivity contribution in [3.8, 4) is 0 Å². The van der Waals surface area contributed by atoms with Gasteiger partial charge in [0.25, 0.3) is 5.91 Å². The molecule has 1 aromatic heterocycles. The number of aliphatic hydroxyl groups excluding tert-OH is 1. The van der Waals surface area contributed by atoms with E-state index in [2.05, 4.69) is 10.3 Å². The minimum absolute atomic E-state index is 0.198. The number of nitrogens with zero attached hydrogens (tertiary/aromatic N) is 2. The first-order valence-electron chi connectivity index (χ1n) is 5.62. The maximum absolute atomic E-state index is 11.4. The summed E-state index contributed by atoms with van der Waals surface area (Å²) in [5, 5.41) is 11.8. The Labute approximate surface area is 101 Å². The largest absolute Gasteiger partial charge is 0.393 e. The molecule has 0 saturated carbocycles. The highest BCUT2D eigenvalue weighted by Gasteiger charge is 2.08. The lowest BCUT2D eigenvalue weighted by Gasteiger charge is -2.20. The molecule has 5 nitrogen and oxygen atoms in total. The van der Waals surface area contributed by atoms with Gasteiger partial charge in [-0.3, -0.25) is 9.78 Å². The lowest BCUT2D eigenvalue weighted by Crippen LogP contribution is -2.23. The maximum Gasteiger partial charge on any atom is 0.269 e. The summed E-state index contributed by atoms with van der Waals surface area (Å²) in [7, 11) is 3.50. The molecule has 1 aromatic rings. The van der Waals surface area contributed by atoms with E-state index >= 15 is 0 Å². The van der Waals surface area contributed by atoms with Gasteiger partial charge in [-0.25, -0.2) is 0 Å². The molecule has 94 valence electrons. The number of hydrogen-bond donors (Lipinski definition) is 2. The number of carbonyl (C=O) groups excluding carboxylic acids is 1. The van der Waals surface area contributed by atoms with E-state index in [1.54, 1.807) is 26.2 Å². The number of aromatic nitrogens is 1. The summed E-state index contributed by atoms with van der Waals surface area (Å²) in [5.74, 6) is -0.198. The number of hydrogen-bond acceptors (Lipinski definition) is 4. The third-order valence-electron chi connectivity index (χ3n) is 2.53. The van der Waals surface area contributed by atoms with Gasteiger partial charge in [-0.15, -0.1) is 0 Å².